The van der Waals surface area contributed by atoms with E-state index in [-0.39, 0.29) is 30.5 Å². The minimum Gasteiger partial charge on any atom is -0.445 e. The monoisotopic (exact) mass is 570 g/mol. The second-order valence-corrected chi connectivity index (χ2v) is 11.0. The number of Topliss-reactive ketones (excluding diaryl/α,β-unsaturated/α-hetero) is 2. The molecule has 1 fully saturated rings. The number of hydrogen-bond acceptors (Lipinski definition) is 6. The van der Waals surface area contributed by atoms with Crippen LogP contribution < -0.4 is 10.6 Å². The van der Waals surface area contributed by atoms with E-state index >= 15 is 0 Å². The van der Waals surface area contributed by atoms with Gasteiger partial charge in [0, 0.05) is 12.3 Å². The number of aryl methyl sites for hydroxylation is 1. The zero-order valence-corrected chi connectivity index (χ0v) is 24.1. The summed E-state index contributed by atoms with van der Waals surface area (Å²) in [6, 6.07) is 26.8. The Morgan fingerprint density at radius 3 is 1.95 bits per heavy atom. The van der Waals surface area contributed by atoms with Gasteiger partial charge in [-0.1, -0.05) is 91.0 Å². The fraction of sp³-hybridized carbons (Fsp3) is 0.353. The van der Waals surface area contributed by atoms with E-state index in [1.54, 1.807) is 13.8 Å². The van der Waals surface area contributed by atoms with E-state index in [4.69, 9.17) is 9.47 Å². The third kappa shape index (κ3) is 9.11. The molecule has 220 valence electrons. The molecule has 0 aliphatic carbocycles. The Morgan fingerprint density at radius 2 is 1.38 bits per heavy atom. The van der Waals surface area contributed by atoms with Crippen molar-refractivity contribution in [2.45, 2.75) is 63.8 Å². The van der Waals surface area contributed by atoms with E-state index in [2.05, 4.69) is 10.6 Å². The Morgan fingerprint density at radius 1 is 0.833 bits per heavy atom. The van der Waals surface area contributed by atoms with Crippen LogP contribution in [0.15, 0.2) is 91.0 Å². The van der Waals surface area contributed by atoms with Crippen LogP contribution in [-0.4, -0.2) is 47.9 Å². The zero-order chi connectivity index (χ0) is 30.0. The Hall–Kier alpha value is -4.30. The lowest BCUT2D eigenvalue weighted by Crippen LogP contribution is -2.49. The minimum atomic E-state index is -0.905. The molecule has 0 saturated carbocycles. The average molecular weight is 571 g/mol. The summed E-state index contributed by atoms with van der Waals surface area (Å²) in [5.41, 5.74) is 1.87. The SMILES string of the molecule is CC(NC(=O)OCc1ccccc1)C(=O)C[C@@H](Cc1ccccc1)C(=O)N[C@@H](CCc1ccccc1)C(=O)C1(C)CO1. The molecular formula is C34H38N2O6. The van der Waals surface area contributed by atoms with Gasteiger partial charge in [0.2, 0.25) is 5.91 Å². The summed E-state index contributed by atoms with van der Waals surface area (Å²) in [5.74, 6) is -1.62. The van der Waals surface area contributed by atoms with Gasteiger partial charge < -0.3 is 20.1 Å². The van der Waals surface area contributed by atoms with Crippen molar-refractivity contribution in [1.29, 1.82) is 0 Å². The number of epoxide rings is 1. The van der Waals surface area contributed by atoms with Crippen LogP contribution in [0, 0.1) is 5.92 Å². The molecule has 0 aromatic heterocycles. The minimum absolute atomic E-state index is 0.0770. The van der Waals surface area contributed by atoms with Crippen LogP contribution >= 0.6 is 0 Å². The van der Waals surface area contributed by atoms with Gasteiger partial charge in [-0.05, 0) is 49.8 Å². The molecule has 3 aromatic carbocycles. The number of amides is 2. The third-order valence-corrected chi connectivity index (χ3v) is 7.47. The first-order valence-corrected chi connectivity index (χ1v) is 14.3. The largest absolute Gasteiger partial charge is 0.445 e. The molecule has 2 unspecified atom stereocenters. The molecule has 1 heterocycles. The Labute approximate surface area is 246 Å². The molecular weight excluding hydrogens is 532 g/mol. The molecule has 8 heteroatoms. The molecule has 1 aliphatic rings. The number of nitrogens with one attached hydrogen (secondary N) is 2. The molecule has 42 heavy (non-hydrogen) atoms. The molecule has 2 N–H and O–H groups in total. The third-order valence-electron chi connectivity index (χ3n) is 7.47. The lowest BCUT2D eigenvalue weighted by atomic mass is 9.90. The highest BCUT2D eigenvalue weighted by atomic mass is 16.6. The van der Waals surface area contributed by atoms with Gasteiger partial charge in [-0.3, -0.25) is 14.4 Å². The molecule has 1 aliphatic heterocycles. The van der Waals surface area contributed by atoms with E-state index in [1.807, 2.05) is 91.0 Å². The Balaban J connectivity index is 1.41. The number of ether oxygens (including phenoxy) is 2. The number of ketones is 2. The second kappa shape index (κ2) is 14.5. The molecule has 1 saturated heterocycles. The smallest absolute Gasteiger partial charge is 0.408 e. The van der Waals surface area contributed by atoms with Crippen LogP contribution in [-0.2, 0) is 43.3 Å². The van der Waals surface area contributed by atoms with Gasteiger partial charge in [-0.25, -0.2) is 4.79 Å². The summed E-state index contributed by atoms with van der Waals surface area (Å²) < 4.78 is 10.6. The summed E-state index contributed by atoms with van der Waals surface area (Å²) in [4.78, 5) is 52.6. The highest BCUT2D eigenvalue weighted by Crippen LogP contribution is 2.29. The van der Waals surface area contributed by atoms with Crippen LogP contribution in [0.3, 0.4) is 0 Å². The standard InChI is InChI=1S/C34H38N2O6/c1-24(35-33(40)41-22-27-16-10-5-11-17-27)30(37)21-28(20-26-14-8-4-9-15-26)32(39)36-29(31(38)34(2)23-42-34)19-18-25-12-6-3-7-13-25/h3-17,24,28-29H,18-23H2,1-2H3,(H,35,40)(H,36,39)/t24?,28-,29+,34?/m1/s1. The summed E-state index contributed by atoms with van der Waals surface area (Å²) in [6.07, 6.45) is 0.478. The quantitative estimate of drug-likeness (QED) is 0.258. The van der Waals surface area contributed by atoms with Crippen molar-refractivity contribution in [3.63, 3.8) is 0 Å². The molecule has 4 atom stereocenters. The summed E-state index contributed by atoms with van der Waals surface area (Å²) in [5, 5.41) is 5.52. The first-order chi connectivity index (χ1) is 20.2. The molecule has 4 rings (SSSR count). The molecule has 8 nitrogen and oxygen atoms in total. The van der Waals surface area contributed by atoms with Crippen molar-refractivity contribution in [3.8, 4) is 0 Å². The number of carbonyl (C=O) groups is 4. The fourth-order valence-electron chi connectivity index (χ4n) is 4.73. The number of hydrogen-bond donors (Lipinski definition) is 2. The maximum Gasteiger partial charge on any atom is 0.408 e. The van der Waals surface area contributed by atoms with Gasteiger partial charge in [-0.2, -0.15) is 0 Å². The fourth-order valence-corrected chi connectivity index (χ4v) is 4.73. The van der Waals surface area contributed by atoms with Crippen molar-refractivity contribution in [2.75, 3.05) is 6.61 Å². The first-order valence-electron chi connectivity index (χ1n) is 14.3. The van der Waals surface area contributed by atoms with Crippen LogP contribution in [0.25, 0.3) is 0 Å². The highest BCUT2D eigenvalue weighted by molar-refractivity contribution is 5.98. The lowest BCUT2D eigenvalue weighted by Gasteiger charge is -2.24. The van der Waals surface area contributed by atoms with Gasteiger partial charge in [0.15, 0.2) is 11.6 Å². The van der Waals surface area contributed by atoms with Crippen LogP contribution in [0.5, 0.6) is 0 Å². The molecule has 0 spiro atoms. The Kier molecular flexibility index (Phi) is 10.6. The van der Waals surface area contributed by atoms with Gasteiger partial charge in [0.25, 0.3) is 0 Å². The van der Waals surface area contributed by atoms with Crippen LogP contribution in [0.2, 0.25) is 0 Å². The van der Waals surface area contributed by atoms with E-state index in [9.17, 15) is 19.2 Å². The first kappa shape index (κ1) is 30.7. The van der Waals surface area contributed by atoms with Crippen molar-refractivity contribution >= 4 is 23.6 Å². The number of benzene rings is 3. The number of alkyl carbamates (subject to hydrolysis) is 1. The molecule has 0 bridgehead atoms. The summed E-state index contributed by atoms with van der Waals surface area (Å²) >= 11 is 0. The van der Waals surface area contributed by atoms with E-state index < -0.39 is 29.7 Å². The molecule has 0 radical (unpaired) electrons. The van der Waals surface area contributed by atoms with Crippen molar-refractivity contribution in [1.82, 2.24) is 10.6 Å². The van der Waals surface area contributed by atoms with E-state index in [0.29, 0.717) is 25.9 Å². The predicted molar refractivity (Wildman–Crippen MR) is 159 cm³/mol. The van der Waals surface area contributed by atoms with E-state index in [1.165, 1.54) is 0 Å². The maximum atomic E-state index is 13.7. The van der Waals surface area contributed by atoms with Gasteiger partial charge in [-0.15, -0.1) is 0 Å². The zero-order valence-electron chi connectivity index (χ0n) is 24.1. The van der Waals surface area contributed by atoms with E-state index in [0.717, 1.165) is 16.7 Å². The second-order valence-electron chi connectivity index (χ2n) is 11.0. The summed E-state index contributed by atoms with van der Waals surface area (Å²) in [7, 11) is 0. The van der Waals surface area contributed by atoms with Crippen molar-refractivity contribution in [2.24, 2.45) is 5.92 Å². The van der Waals surface area contributed by atoms with Gasteiger partial charge in [0.05, 0.1) is 18.7 Å². The van der Waals surface area contributed by atoms with Crippen LogP contribution in [0.1, 0.15) is 43.4 Å². The van der Waals surface area contributed by atoms with Crippen molar-refractivity contribution in [3.05, 3.63) is 108 Å². The topological polar surface area (TPSA) is 114 Å². The average Bonchev–Trinajstić information content (AvgIpc) is 3.77. The number of rotatable bonds is 15. The Bertz CT molecular complexity index is 1340. The van der Waals surface area contributed by atoms with Gasteiger partial charge in [0.1, 0.15) is 12.2 Å². The normalized spacial score (nSPS) is 17.8. The highest BCUT2D eigenvalue weighted by Gasteiger charge is 2.50. The number of carbonyl (C=O) groups excluding carboxylic acids is 4. The summed E-state index contributed by atoms with van der Waals surface area (Å²) in [6.45, 7) is 3.69. The lowest BCUT2D eigenvalue weighted by molar-refractivity contribution is -0.134. The van der Waals surface area contributed by atoms with Crippen LogP contribution in [0.4, 0.5) is 4.79 Å². The molecule has 3 aromatic rings. The van der Waals surface area contributed by atoms with Gasteiger partial charge >= 0.3 is 6.09 Å². The maximum absolute atomic E-state index is 13.7. The predicted octanol–water partition coefficient (Wildman–Crippen LogP) is 4.60. The van der Waals surface area contributed by atoms with Crippen molar-refractivity contribution < 1.29 is 28.7 Å². The molecule has 2 amide bonds.